The molecule has 0 aliphatic carbocycles. The molecular weight excluding hydrogens is 333 g/mol. The standard InChI is InChI=1S/C18H16FN7/c1-11-7-22-18(14-9-23-26-6-5-20-10-16(14)26)25-17(11)24-12(2)15-4-3-13(19)8-21-15/h3-10,12H,1-2H3,(H,22,24,25)/t12-/m0/s1. The summed E-state index contributed by atoms with van der Waals surface area (Å²) < 4.78 is 14.8. The van der Waals surface area contributed by atoms with Crippen LogP contribution in [0.25, 0.3) is 16.9 Å². The van der Waals surface area contributed by atoms with Crippen molar-refractivity contribution in [1.29, 1.82) is 0 Å². The minimum atomic E-state index is -0.358. The molecule has 1 N–H and O–H groups in total. The lowest BCUT2D eigenvalue weighted by Crippen LogP contribution is -2.11. The van der Waals surface area contributed by atoms with E-state index < -0.39 is 0 Å². The Morgan fingerprint density at radius 3 is 2.81 bits per heavy atom. The smallest absolute Gasteiger partial charge is 0.165 e. The number of nitrogens with zero attached hydrogens (tertiary/aromatic N) is 6. The van der Waals surface area contributed by atoms with Gasteiger partial charge in [-0.3, -0.25) is 9.97 Å². The number of rotatable bonds is 4. The van der Waals surface area contributed by atoms with Gasteiger partial charge < -0.3 is 5.32 Å². The number of nitrogens with one attached hydrogen (secondary N) is 1. The summed E-state index contributed by atoms with van der Waals surface area (Å²) in [6, 6.07) is 2.91. The van der Waals surface area contributed by atoms with Crippen molar-refractivity contribution in [2.45, 2.75) is 19.9 Å². The van der Waals surface area contributed by atoms with Crippen molar-refractivity contribution in [3.8, 4) is 11.4 Å². The fraction of sp³-hybridized carbons (Fsp3) is 0.167. The maximum atomic E-state index is 13.1. The van der Waals surface area contributed by atoms with Crippen molar-refractivity contribution in [3.63, 3.8) is 0 Å². The predicted molar refractivity (Wildman–Crippen MR) is 95.0 cm³/mol. The van der Waals surface area contributed by atoms with Crippen LogP contribution < -0.4 is 5.32 Å². The van der Waals surface area contributed by atoms with Gasteiger partial charge in [-0.25, -0.2) is 18.9 Å². The summed E-state index contributed by atoms with van der Waals surface area (Å²) >= 11 is 0. The Kier molecular flexibility index (Phi) is 4.00. The number of halogens is 1. The van der Waals surface area contributed by atoms with E-state index in [1.54, 1.807) is 41.6 Å². The first-order valence-corrected chi connectivity index (χ1v) is 8.11. The fourth-order valence-corrected chi connectivity index (χ4v) is 2.65. The summed E-state index contributed by atoms with van der Waals surface area (Å²) in [6.07, 6.45) is 9.85. The Morgan fingerprint density at radius 2 is 2.00 bits per heavy atom. The van der Waals surface area contributed by atoms with Gasteiger partial charge in [-0.1, -0.05) is 0 Å². The van der Waals surface area contributed by atoms with Gasteiger partial charge >= 0.3 is 0 Å². The monoisotopic (exact) mass is 349 g/mol. The van der Waals surface area contributed by atoms with Crippen molar-refractivity contribution in [2.75, 3.05) is 5.32 Å². The molecule has 8 heteroatoms. The SMILES string of the molecule is Cc1cnc(-c2cnn3ccncc23)nc1N[C@@H](C)c1ccc(F)cn1. The molecule has 0 aromatic carbocycles. The molecule has 0 amide bonds. The molecule has 0 bridgehead atoms. The van der Waals surface area contributed by atoms with Crippen LogP contribution in [-0.2, 0) is 0 Å². The number of aromatic nitrogens is 6. The minimum Gasteiger partial charge on any atom is -0.362 e. The molecule has 0 unspecified atom stereocenters. The van der Waals surface area contributed by atoms with E-state index in [2.05, 4.69) is 30.4 Å². The van der Waals surface area contributed by atoms with Gasteiger partial charge in [0.1, 0.15) is 11.6 Å². The normalized spacial score (nSPS) is 12.3. The van der Waals surface area contributed by atoms with Crippen molar-refractivity contribution >= 4 is 11.3 Å². The predicted octanol–water partition coefficient (Wildman–Crippen LogP) is 3.20. The zero-order valence-electron chi connectivity index (χ0n) is 14.3. The van der Waals surface area contributed by atoms with Crippen LogP contribution >= 0.6 is 0 Å². The fourth-order valence-electron chi connectivity index (χ4n) is 2.65. The molecule has 7 nitrogen and oxygen atoms in total. The Hall–Kier alpha value is -3.42. The molecule has 4 rings (SSSR count). The molecule has 4 aromatic heterocycles. The zero-order valence-corrected chi connectivity index (χ0v) is 14.3. The van der Waals surface area contributed by atoms with E-state index in [1.807, 2.05) is 13.8 Å². The summed E-state index contributed by atoms with van der Waals surface area (Å²) in [5.41, 5.74) is 3.26. The first-order chi connectivity index (χ1) is 12.6. The number of aryl methyl sites for hydroxylation is 1. The van der Waals surface area contributed by atoms with Gasteiger partial charge in [0.2, 0.25) is 0 Å². The summed E-state index contributed by atoms with van der Waals surface area (Å²) in [4.78, 5) is 17.3. The van der Waals surface area contributed by atoms with E-state index in [-0.39, 0.29) is 11.9 Å². The molecule has 4 aromatic rings. The van der Waals surface area contributed by atoms with Crippen LogP contribution in [0.15, 0.2) is 49.3 Å². The van der Waals surface area contributed by atoms with Crippen molar-refractivity contribution in [1.82, 2.24) is 29.5 Å². The molecule has 4 heterocycles. The lowest BCUT2D eigenvalue weighted by Gasteiger charge is -2.16. The van der Waals surface area contributed by atoms with E-state index in [0.717, 1.165) is 22.3 Å². The van der Waals surface area contributed by atoms with Crippen molar-refractivity contribution < 1.29 is 4.39 Å². The van der Waals surface area contributed by atoms with Crippen LogP contribution in [0.1, 0.15) is 24.2 Å². The molecule has 0 spiro atoms. The molecule has 0 saturated heterocycles. The first-order valence-electron chi connectivity index (χ1n) is 8.11. The lowest BCUT2D eigenvalue weighted by atomic mass is 10.2. The van der Waals surface area contributed by atoms with Crippen LogP contribution in [0.4, 0.5) is 10.2 Å². The molecule has 0 aliphatic heterocycles. The molecular formula is C18H16FN7. The maximum absolute atomic E-state index is 13.1. The van der Waals surface area contributed by atoms with E-state index >= 15 is 0 Å². The maximum Gasteiger partial charge on any atom is 0.165 e. The van der Waals surface area contributed by atoms with Gasteiger partial charge in [0, 0.05) is 24.2 Å². The topological polar surface area (TPSA) is 80.9 Å². The first kappa shape index (κ1) is 16.1. The van der Waals surface area contributed by atoms with Crippen molar-refractivity contribution in [2.24, 2.45) is 0 Å². The van der Waals surface area contributed by atoms with E-state index in [4.69, 9.17) is 0 Å². The highest BCUT2D eigenvalue weighted by atomic mass is 19.1. The van der Waals surface area contributed by atoms with Gasteiger partial charge in [0.15, 0.2) is 5.82 Å². The van der Waals surface area contributed by atoms with Gasteiger partial charge in [0.05, 0.1) is 41.4 Å². The summed E-state index contributed by atoms with van der Waals surface area (Å²) in [5.74, 6) is 0.889. The third-order valence-corrected chi connectivity index (χ3v) is 4.08. The third kappa shape index (κ3) is 2.97. The number of anilines is 1. The minimum absolute atomic E-state index is 0.136. The molecule has 0 saturated carbocycles. The van der Waals surface area contributed by atoms with Crippen LogP contribution in [-0.4, -0.2) is 29.5 Å². The number of hydrogen-bond acceptors (Lipinski definition) is 6. The average molecular weight is 349 g/mol. The number of hydrogen-bond donors (Lipinski definition) is 1. The Labute approximate surface area is 149 Å². The average Bonchev–Trinajstić information content (AvgIpc) is 3.08. The zero-order chi connectivity index (χ0) is 18.1. The van der Waals surface area contributed by atoms with Gasteiger partial charge in [-0.05, 0) is 26.0 Å². The van der Waals surface area contributed by atoms with Gasteiger partial charge in [-0.2, -0.15) is 5.10 Å². The summed E-state index contributed by atoms with van der Waals surface area (Å²) in [5, 5.41) is 7.61. The highest BCUT2D eigenvalue weighted by molar-refractivity contribution is 5.75. The summed E-state index contributed by atoms with van der Waals surface area (Å²) in [6.45, 7) is 3.87. The Morgan fingerprint density at radius 1 is 1.12 bits per heavy atom. The second kappa shape index (κ2) is 6.47. The number of pyridine rings is 1. The molecule has 130 valence electrons. The lowest BCUT2D eigenvalue weighted by molar-refractivity contribution is 0.617. The Bertz CT molecular complexity index is 1060. The van der Waals surface area contributed by atoms with Gasteiger partial charge in [0.25, 0.3) is 0 Å². The highest BCUT2D eigenvalue weighted by Gasteiger charge is 2.14. The van der Waals surface area contributed by atoms with E-state index in [9.17, 15) is 4.39 Å². The molecule has 1 atom stereocenters. The Balaban J connectivity index is 1.67. The second-order valence-electron chi connectivity index (χ2n) is 5.96. The van der Waals surface area contributed by atoms with E-state index in [1.165, 1.54) is 12.3 Å². The van der Waals surface area contributed by atoms with Crippen LogP contribution in [0, 0.1) is 12.7 Å². The largest absolute Gasteiger partial charge is 0.362 e. The molecule has 0 aliphatic rings. The van der Waals surface area contributed by atoms with Crippen molar-refractivity contribution in [3.05, 3.63) is 66.4 Å². The molecule has 0 fully saturated rings. The molecule has 26 heavy (non-hydrogen) atoms. The third-order valence-electron chi connectivity index (χ3n) is 4.08. The van der Waals surface area contributed by atoms with Gasteiger partial charge in [-0.15, -0.1) is 0 Å². The van der Waals surface area contributed by atoms with E-state index in [0.29, 0.717) is 11.6 Å². The summed E-state index contributed by atoms with van der Waals surface area (Å²) in [7, 11) is 0. The van der Waals surface area contributed by atoms with Crippen LogP contribution in [0.3, 0.4) is 0 Å². The number of fused-ring (bicyclic) bond motifs is 1. The van der Waals surface area contributed by atoms with Crippen LogP contribution in [0.5, 0.6) is 0 Å². The quantitative estimate of drug-likeness (QED) is 0.609. The highest BCUT2D eigenvalue weighted by Crippen LogP contribution is 2.24. The van der Waals surface area contributed by atoms with Crippen LogP contribution in [0.2, 0.25) is 0 Å². The second-order valence-corrected chi connectivity index (χ2v) is 5.96. The molecule has 0 radical (unpaired) electrons.